The monoisotopic (exact) mass is 232 g/mol. The van der Waals surface area contributed by atoms with Gasteiger partial charge in [-0.2, -0.15) is 0 Å². The average molecular weight is 232 g/mol. The fraction of sp³-hybridized carbons (Fsp3) is 0.600. The lowest BCUT2D eigenvalue weighted by atomic mass is 9.84. The van der Waals surface area contributed by atoms with Crippen LogP contribution in [-0.4, -0.2) is 19.6 Å². The van der Waals surface area contributed by atoms with Crippen molar-refractivity contribution in [3.63, 3.8) is 0 Å². The van der Waals surface area contributed by atoms with E-state index in [0.717, 1.165) is 6.54 Å². The van der Waals surface area contributed by atoms with Crippen molar-refractivity contribution in [3.8, 4) is 0 Å². The molecule has 1 heterocycles. The van der Waals surface area contributed by atoms with Crippen LogP contribution in [0.1, 0.15) is 38.3 Å². The van der Waals surface area contributed by atoms with Gasteiger partial charge in [-0.05, 0) is 42.5 Å². The first kappa shape index (κ1) is 12.4. The van der Waals surface area contributed by atoms with E-state index in [-0.39, 0.29) is 5.41 Å². The highest BCUT2D eigenvalue weighted by Gasteiger charge is 2.20. The van der Waals surface area contributed by atoms with Gasteiger partial charge >= 0.3 is 0 Å². The topological polar surface area (TPSA) is 24.1 Å². The summed E-state index contributed by atoms with van der Waals surface area (Å²) >= 11 is 0. The van der Waals surface area contributed by atoms with Crippen molar-refractivity contribution in [2.45, 2.75) is 45.1 Å². The fourth-order valence-electron chi connectivity index (χ4n) is 2.43. The quantitative estimate of drug-likeness (QED) is 0.819. The number of anilines is 1. The molecule has 17 heavy (non-hydrogen) atoms. The van der Waals surface area contributed by atoms with Crippen LogP contribution in [0.25, 0.3) is 0 Å². The van der Waals surface area contributed by atoms with Crippen LogP contribution in [0, 0.1) is 0 Å². The number of nitrogens with one attached hydrogen (secondary N) is 2. The van der Waals surface area contributed by atoms with Crippen molar-refractivity contribution in [2.24, 2.45) is 0 Å². The molecule has 1 unspecified atom stereocenters. The van der Waals surface area contributed by atoms with E-state index in [0.29, 0.717) is 6.04 Å². The lowest BCUT2D eigenvalue weighted by molar-refractivity contribution is 0.578. The Kier molecular flexibility index (Phi) is 3.43. The number of fused-ring (bicyclic) bond motifs is 1. The Morgan fingerprint density at radius 2 is 2.12 bits per heavy atom. The Balaban J connectivity index is 2.20. The summed E-state index contributed by atoms with van der Waals surface area (Å²) in [6, 6.07) is 7.46. The number of aryl methyl sites for hydroxylation is 1. The van der Waals surface area contributed by atoms with Gasteiger partial charge in [0.25, 0.3) is 0 Å². The molecule has 2 heteroatoms. The van der Waals surface area contributed by atoms with Gasteiger partial charge in [0.15, 0.2) is 0 Å². The molecule has 0 aromatic heterocycles. The largest absolute Gasteiger partial charge is 0.381 e. The predicted molar refractivity (Wildman–Crippen MR) is 74.8 cm³/mol. The fourth-order valence-corrected chi connectivity index (χ4v) is 2.43. The second-order valence-electron chi connectivity index (χ2n) is 6.06. The highest BCUT2D eigenvalue weighted by Crippen LogP contribution is 2.30. The molecule has 0 bridgehead atoms. The standard InChI is InChI=1S/C15H24N2/c1-15(2,3)12-6-8-14-11(9-12)5-7-13(17-14)10-16-4/h6,8-9,13,16-17H,5,7,10H2,1-4H3. The van der Waals surface area contributed by atoms with E-state index in [4.69, 9.17) is 0 Å². The molecule has 0 radical (unpaired) electrons. The van der Waals surface area contributed by atoms with Crippen molar-refractivity contribution < 1.29 is 0 Å². The molecule has 2 N–H and O–H groups in total. The second kappa shape index (κ2) is 4.69. The molecule has 0 saturated heterocycles. The third kappa shape index (κ3) is 2.81. The Hall–Kier alpha value is -1.02. The van der Waals surface area contributed by atoms with Crippen LogP contribution in [-0.2, 0) is 11.8 Å². The maximum atomic E-state index is 3.61. The normalized spacial score (nSPS) is 19.6. The zero-order chi connectivity index (χ0) is 12.5. The van der Waals surface area contributed by atoms with E-state index in [1.807, 2.05) is 7.05 Å². The van der Waals surface area contributed by atoms with Gasteiger partial charge in [-0.1, -0.05) is 32.9 Å². The summed E-state index contributed by atoms with van der Waals surface area (Å²) in [5.74, 6) is 0. The predicted octanol–water partition coefficient (Wildman–Crippen LogP) is 2.93. The lowest BCUT2D eigenvalue weighted by Crippen LogP contribution is -2.34. The van der Waals surface area contributed by atoms with Crippen molar-refractivity contribution in [3.05, 3.63) is 29.3 Å². The molecule has 1 aromatic rings. The summed E-state index contributed by atoms with van der Waals surface area (Å²) in [5.41, 5.74) is 4.48. The van der Waals surface area contributed by atoms with E-state index in [1.165, 1.54) is 29.7 Å². The molecule has 1 aromatic carbocycles. The van der Waals surface area contributed by atoms with E-state index >= 15 is 0 Å². The summed E-state index contributed by atoms with van der Waals surface area (Å²) in [5, 5.41) is 6.86. The molecular weight excluding hydrogens is 208 g/mol. The zero-order valence-electron chi connectivity index (χ0n) is 11.4. The van der Waals surface area contributed by atoms with Crippen LogP contribution in [0.4, 0.5) is 5.69 Å². The molecule has 94 valence electrons. The van der Waals surface area contributed by atoms with Crippen molar-refractivity contribution in [1.82, 2.24) is 5.32 Å². The van der Waals surface area contributed by atoms with Crippen LogP contribution < -0.4 is 10.6 Å². The van der Waals surface area contributed by atoms with Crippen LogP contribution in [0.15, 0.2) is 18.2 Å². The second-order valence-corrected chi connectivity index (χ2v) is 6.06. The molecule has 1 aliphatic heterocycles. The van der Waals surface area contributed by atoms with E-state index < -0.39 is 0 Å². The van der Waals surface area contributed by atoms with Gasteiger partial charge in [0.05, 0.1) is 0 Å². The SMILES string of the molecule is CNCC1CCc2cc(C(C)(C)C)ccc2N1. The first-order valence-electron chi connectivity index (χ1n) is 6.55. The van der Waals surface area contributed by atoms with Gasteiger partial charge in [-0.15, -0.1) is 0 Å². The third-order valence-electron chi connectivity index (χ3n) is 3.54. The number of likely N-dealkylation sites (N-methyl/N-ethyl adjacent to an activating group) is 1. The maximum absolute atomic E-state index is 3.61. The first-order valence-corrected chi connectivity index (χ1v) is 6.55. The molecule has 1 atom stereocenters. The van der Waals surface area contributed by atoms with Crippen molar-refractivity contribution >= 4 is 5.69 Å². The maximum Gasteiger partial charge on any atom is 0.0389 e. The van der Waals surface area contributed by atoms with Gasteiger partial charge in [-0.3, -0.25) is 0 Å². The Bertz CT molecular complexity index is 390. The molecule has 0 amide bonds. The minimum Gasteiger partial charge on any atom is -0.381 e. The van der Waals surface area contributed by atoms with Gasteiger partial charge < -0.3 is 10.6 Å². The summed E-state index contributed by atoms with van der Waals surface area (Å²) in [4.78, 5) is 0. The van der Waals surface area contributed by atoms with Crippen molar-refractivity contribution in [1.29, 1.82) is 0 Å². The van der Waals surface area contributed by atoms with E-state index in [1.54, 1.807) is 0 Å². The van der Waals surface area contributed by atoms with Crippen LogP contribution in [0.5, 0.6) is 0 Å². The average Bonchev–Trinajstić information content (AvgIpc) is 2.27. The molecule has 0 saturated carbocycles. The molecule has 0 spiro atoms. The highest BCUT2D eigenvalue weighted by molar-refractivity contribution is 5.56. The molecule has 0 fully saturated rings. The van der Waals surface area contributed by atoms with Crippen molar-refractivity contribution in [2.75, 3.05) is 18.9 Å². The van der Waals surface area contributed by atoms with Gasteiger partial charge in [0.2, 0.25) is 0 Å². The number of hydrogen-bond acceptors (Lipinski definition) is 2. The van der Waals surface area contributed by atoms with Gasteiger partial charge in [0, 0.05) is 18.3 Å². The highest BCUT2D eigenvalue weighted by atomic mass is 15.0. The number of hydrogen-bond donors (Lipinski definition) is 2. The van der Waals surface area contributed by atoms with Gasteiger partial charge in [-0.25, -0.2) is 0 Å². The van der Waals surface area contributed by atoms with Crippen LogP contribution in [0.2, 0.25) is 0 Å². The molecular formula is C15H24N2. The van der Waals surface area contributed by atoms with Crippen LogP contribution >= 0.6 is 0 Å². The smallest absolute Gasteiger partial charge is 0.0389 e. The summed E-state index contributed by atoms with van der Waals surface area (Å²) in [6.07, 6.45) is 2.42. The summed E-state index contributed by atoms with van der Waals surface area (Å²) in [6.45, 7) is 7.86. The minimum atomic E-state index is 0.247. The molecule has 0 aliphatic carbocycles. The Morgan fingerprint density at radius 3 is 2.76 bits per heavy atom. The molecule has 2 nitrogen and oxygen atoms in total. The molecule has 2 rings (SSSR count). The summed E-state index contributed by atoms with van der Waals surface area (Å²) < 4.78 is 0. The Labute approximate surface area is 105 Å². The van der Waals surface area contributed by atoms with E-state index in [2.05, 4.69) is 49.6 Å². The number of benzene rings is 1. The lowest BCUT2D eigenvalue weighted by Gasteiger charge is -2.29. The zero-order valence-corrected chi connectivity index (χ0v) is 11.4. The van der Waals surface area contributed by atoms with Gasteiger partial charge in [0.1, 0.15) is 0 Å². The first-order chi connectivity index (χ1) is 8.00. The van der Waals surface area contributed by atoms with E-state index in [9.17, 15) is 0 Å². The van der Waals surface area contributed by atoms with Crippen LogP contribution in [0.3, 0.4) is 0 Å². The molecule has 1 aliphatic rings. The Morgan fingerprint density at radius 1 is 1.35 bits per heavy atom. The minimum absolute atomic E-state index is 0.247. The third-order valence-corrected chi connectivity index (χ3v) is 3.54. The number of rotatable bonds is 2. The summed E-state index contributed by atoms with van der Waals surface area (Å²) in [7, 11) is 2.01.